The van der Waals surface area contributed by atoms with Crippen LogP contribution in [0.25, 0.3) is 10.9 Å². The summed E-state index contributed by atoms with van der Waals surface area (Å²) >= 11 is 0. The lowest BCUT2D eigenvalue weighted by atomic mass is 10.1. The maximum Gasteiger partial charge on any atom is 0.261 e. The van der Waals surface area contributed by atoms with E-state index in [1.54, 1.807) is 6.07 Å². The van der Waals surface area contributed by atoms with Gasteiger partial charge in [0.25, 0.3) is 11.5 Å². The number of anilines is 2. The second-order valence-electron chi connectivity index (χ2n) is 7.25. The summed E-state index contributed by atoms with van der Waals surface area (Å²) in [5, 5.41) is 3.70. The van der Waals surface area contributed by atoms with E-state index < -0.39 is 5.91 Å². The largest absolute Gasteiger partial charge is 0.372 e. The Kier molecular flexibility index (Phi) is 4.44. The molecule has 0 spiro atoms. The van der Waals surface area contributed by atoms with Crippen LogP contribution in [0.1, 0.15) is 34.3 Å². The van der Waals surface area contributed by atoms with Crippen LogP contribution in [0.3, 0.4) is 0 Å². The Morgan fingerprint density at radius 1 is 1.04 bits per heavy atom. The normalized spacial score (nSPS) is 13.9. The highest BCUT2D eigenvalue weighted by molar-refractivity contribution is 6.06. The maximum atomic E-state index is 12.6. The fraction of sp³-hybridized carbons (Fsp3) is 0.273. The lowest BCUT2D eigenvalue weighted by Crippen LogP contribution is -2.23. The van der Waals surface area contributed by atoms with Gasteiger partial charge < -0.3 is 15.2 Å². The molecular formula is C22H23N3O2. The van der Waals surface area contributed by atoms with Gasteiger partial charge in [-0.1, -0.05) is 11.6 Å². The predicted molar refractivity (Wildman–Crippen MR) is 110 cm³/mol. The van der Waals surface area contributed by atoms with Gasteiger partial charge in [-0.2, -0.15) is 0 Å². The average molecular weight is 361 g/mol. The molecule has 0 bridgehead atoms. The van der Waals surface area contributed by atoms with Crippen LogP contribution in [-0.2, 0) is 0 Å². The number of nitrogens with zero attached hydrogens (tertiary/aromatic N) is 1. The lowest BCUT2D eigenvalue weighted by Gasteiger charge is -2.17. The zero-order valence-corrected chi connectivity index (χ0v) is 15.6. The van der Waals surface area contributed by atoms with E-state index in [0.29, 0.717) is 5.69 Å². The highest BCUT2D eigenvalue weighted by atomic mass is 16.2. The van der Waals surface area contributed by atoms with Crippen LogP contribution in [0.2, 0.25) is 0 Å². The molecule has 1 saturated heterocycles. The molecule has 1 aromatic heterocycles. The van der Waals surface area contributed by atoms with E-state index in [4.69, 9.17) is 0 Å². The van der Waals surface area contributed by atoms with Gasteiger partial charge in [-0.3, -0.25) is 9.59 Å². The minimum atomic E-state index is -0.397. The maximum absolute atomic E-state index is 12.6. The number of amides is 1. The van der Waals surface area contributed by atoms with Crippen LogP contribution in [0.15, 0.2) is 47.3 Å². The standard InChI is InChI=1S/C22H23N3O2/c1-14-11-15(2)20-16(12-14)13-19(22(27)24-20)21(26)23-17-5-7-18(8-6-17)25-9-3-4-10-25/h5-8,11-13H,3-4,9-10H2,1-2H3,(H,23,26)(H,24,27). The molecule has 1 amide bonds. The van der Waals surface area contributed by atoms with Crippen molar-refractivity contribution in [2.24, 2.45) is 0 Å². The third-order valence-electron chi connectivity index (χ3n) is 5.13. The first kappa shape index (κ1) is 17.3. The van der Waals surface area contributed by atoms with E-state index in [1.807, 2.05) is 50.2 Å². The second kappa shape index (κ2) is 6.91. The zero-order valence-electron chi connectivity index (χ0n) is 15.6. The summed E-state index contributed by atoms with van der Waals surface area (Å²) in [5.74, 6) is -0.397. The van der Waals surface area contributed by atoms with Gasteiger partial charge in [0.15, 0.2) is 0 Å². The van der Waals surface area contributed by atoms with Gasteiger partial charge >= 0.3 is 0 Å². The summed E-state index contributed by atoms with van der Waals surface area (Å²) in [6.07, 6.45) is 2.45. The number of aryl methyl sites for hydroxylation is 2. The molecule has 0 radical (unpaired) electrons. The number of H-pyrrole nitrogens is 1. The molecule has 5 heteroatoms. The highest BCUT2D eigenvalue weighted by Gasteiger charge is 2.15. The molecule has 1 aliphatic rings. The number of benzene rings is 2. The third-order valence-corrected chi connectivity index (χ3v) is 5.13. The van der Waals surface area contributed by atoms with Crippen LogP contribution in [0.5, 0.6) is 0 Å². The zero-order chi connectivity index (χ0) is 19.0. The fourth-order valence-corrected chi connectivity index (χ4v) is 3.78. The summed E-state index contributed by atoms with van der Waals surface area (Å²) < 4.78 is 0. The summed E-state index contributed by atoms with van der Waals surface area (Å²) in [6.45, 7) is 6.11. The van der Waals surface area contributed by atoms with Gasteiger partial charge in [-0.15, -0.1) is 0 Å². The van der Waals surface area contributed by atoms with E-state index in [2.05, 4.69) is 15.2 Å². The Morgan fingerprint density at radius 2 is 1.74 bits per heavy atom. The number of fused-ring (bicyclic) bond motifs is 1. The first-order valence-electron chi connectivity index (χ1n) is 9.32. The average Bonchev–Trinajstić information content (AvgIpc) is 3.17. The topological polar surface area (TPSA) is 65.2 Å². The van der Waals surface area contributed by atoms with Gasteiger partial charge in [0.1, 0.15) is 5.56 Å². The summed E-state index contributed by atoms with van der Waals surface area (Å²) in [6, 6.07) is 13.4. The first-order chi connectivity index (χ1) is 13.0. The summed E-state index contributed by atoms with van der Waals surface area (Å²) in [4.78, 5) is 30.2. The number of aromatic amines is 1. The van der Waals surface area contributed by atoms with Crippen molar-refractivity contribution in [3.63, 3.8) is 0 Å². The molecule has 2 heterocycles. The highest BCUT2D eigenvalue weighted by Crippen LogP contribution is 2.23. The molecule has 138 valence electrons. The van der Waals surface area contributed by atoms with Crippen molar-refractivity contribution in [3.05, 3.63) is 69.5 Å². The summed E-state index contributed by atoms with van der Waals surface area (Å²) in [5.41, 5.74) is 4.46. The molecule has 27 heavy (non-hydrogen) atoms. The number of pyridine rings is 1. The molecule has 1 aliphatic heterocycles. The van der Waals surface area contributed by atoms with Crippen molar-refractivity contribution in [1.82, 2.24) is 4.98 Å². The van der Waals surface area contributed by atoms with E-state index in [-0.39, 0.29) is 11.1 Å². The quantitative estimate of drug-likeness (QED) is 0.741. The molecule has 0 unspecified atom stereocenters. The van der Waals surface area contributed by atoms with Crippen LogP contribution in [0, 0.1) is 13.8 Å². The van der Waals surface area contributed by atoms with Crippen molar-refractivity contribution >= 4 is 28.2 Å². The second-order valence-corrected chi connectivity index (χ2v) is 7.25. The lowest BCUT2D eigenvalue weighted by molar-refractivity contribution is 0.102. The van der Waals surface area contributed by atoms with Crippen LogP contribution in [-0.4, -0.2) is 24.0 Å². The van der Waals surface area contributed by atoms with Crippen LogP contribution >= 0.6 is 0 Å². The number of nitrogens with one attached hydrogen (secondary N) is 2. The number of hydrogen-bond donors (Lipinski definition) is 2. The molecule has 0 aliphatic carbocycles. The van der Waals surface area contributed by atoms with Gasteiger partial charge in [-0.05, 0) is 74.0 Å². The van der Waals surface area contributed by atoms with E-state index >= 15 is 0 Å². The van der Waals surface area contributed by atoms with E-state index in [9.17, 15) is 9.59 Å². The SMILES string of the molecule is Cc1cc(C)c2[nH]c(=O)c(C(=O)Nc3ccc(N4CCCC4)cc3)cc2c1. The van der Waals surface area contributed by atoms with Gasteiger partial charge in [-0.25, -0.2) is 0 Å². The van der Waals surface area contributed by atoms with Gasteiger partial charge in [0.05, 0.1) is 5.52 Å². The molecule has 2 aromatic carbocycles. The number of carbonyl (C=O) groups excluding carboxylic acids is 1. The Morgan fingerprint density at radius 3 is 2.44 bits per heavy atom. The van der Waals surface area contributed by atoms with Crippen molar-refractivity contribution in [3.8, 4) is 0 Å². The molecule has 0 atom stereocenters. The molecule has 5 nitrogen and oxygen atoms in total. The minimum Gasteiger partial charge on any atom is -0.372 e. The number of rotatable bonds is 3. The number of aromatic nitrogens is 1. The van der Waals surface area contributed by atoms with Gasteiger partial charge in [0, 0.05) is 24.5 Å². The molecule has 0 saturated carbocycles. The molecule has 1 fully saturated rings. The van der Waals surface area contributed by atoms with Crippen LogP contribution in [0.4, 0.5) is 11.4 Å². The Hall–Kier alpha value is -3.08. The van der Waals surface area contributed by atoms with Gasteiger partial charge in [0.2, 0.25) is 0 Å². The van der Waals surface area contributed by atoms with E-state index in [1.165, 1.54) is 18.5 Å². The van der Waals surface area contributed by atoms with Crippen molar-refractivity contribution in [1.29, 1.82) is 0 Å². The van der Waals surface area contributed by atoms with Crippen molar-refractivity contribution < 1.29 is 4.79 Å². The Bertz CT molecular complexity index is 1060. The summed E-state index contributed by atoms with van der Waals surface area (Å²) in [7, 11) is 0. The molecule has 2 N–H and O–H groups in total. The molecule has 4 rings (SSSR count). The number of carbonyl (C=O) groups is 1. The monoisotopic (exact) mass is 361 g/mol. The molecule has 3 aromatic rings. The Balaban J connectivity index is 1.59. The predicted octanol–water partition coefficient (Wildman–Crippen LogP) is 4.00. The smallest absolute Gasteiger partial charge is 0.261 e. The van der Waals surface area contributed by atoms with E-state index in [0.717, 1.165) is 35.1 Å². The third kappa shape index (κ3) is 3.45. The Labute approximate surface area is 158 Å². The fourth-order valence-electron chi connectivity index (χ4n) is 3.78. The number of hydrogen-bond acceptors (Lipinski definition) is 3. The van der Waals surface area contributed by atoms with Crippen molar-refractivity contribution in [2.75, 3.05) is 23.3 Å². The van der Waals surface area contributed by atoms with Crippen molar-refractivity contribution in [2.45, 2.75) is 26.7 Å². The minimum absolute atomic E-state index is 0.121. The molecular weight excluding hydrogens is 338 g/mol. The first-order valence-corrected chi connectivity index (χ1v) is 9.32. The van der Waals surface area contributed by atoms with Crippen LogP contribution < -0.4 is 15.8 Å².